The number of hydrogen-bond acceptors (Lipinski definition) is 9. The van der Waals surface area contributed by atoms with E-state index in [0.717, 1.165) is 29.9 Å². The average molecular weight is 676 g/mol. The number of ether oxygens (including phenoxy) is 4. The quantitative estimate of drug-likeness (QED) is 0.163. The highest BCUT2D eigenvalue weighted by Gasteiger charge is 2.31. The van der Waals surface area contributed by atoms with Crippen molar-refractivity contribution in [3.63, 3.8) is 0 Å². The molecule has 1 aliphatic heterocycles. The van der Waals surface area contributed by atoms with Gasteiger partial charge in [-0.2, -0.15) is 0 Å². The first kappa shape index (κ1) is 33.8. The Morgan fingerprint density at radius 1 is 0.936 bits per heavy atom. The number of anilines is 1. The molecular weight excluding hydrogens is 638 g/mol. The van der Waals surface area contributed by atoms with E-state index in [0.29, 0.717) is 57.0 Å². The van der Waals surface area contributed by atoms with Crippen molar-refractivity contribution in [3.8, 4) is 17.2 Å². The molecule has 0 unspecified atom stereocenters. The Labute approximate surface area is 282 Å². The largest absolute Gasteiger partial charge is 0.490 e. The predicted molar refractivity (Wildman–Crippen MR) is 186 cm³/mol. The van der Waals surface area contributed by atoms with Gasteiger partial charge in [0.05, 0.1) is 36.5 Å². The van der Waals surface area contributed by atoms with Gasteiger partial charge in [0, 0.05) is 41.6 Å². The summed E-state index contributed by atoms with van der Waals surface area (Å²) in [6.45, 7) is 10.9. The van der Waals surface area contributed by atoms with Crippen molar-refractivity contribution in [2.45, 2.75) is 40.3 Å². The fourth-order valence-corrected chi connectivity index (χ4v) is 6.51. The minimum absolute atomic E-state index is 0.230. The molecule has 0 N–H and O–H groups in total. The second-order valence-electron chi connectivity index (χ2n) is 10.6. The summed E-state index contributed by atoms with van der Waals surface area (Å²) < 4.78 is 25.0. The zero-order valence-corrected chi connectivity index (χ0v) is 28.7. The van der Waals surface area contributed by atoms with E-state index in [-0.39, 0.29) is 11.1 Å². The molecule has 4 aromatic rings. The number of hydrogen-bond donors (Lipinski definition) is 0. The lowest BCUT2D eigenvalue weighted by Crippen LogP contribution is -2.39. The van der Waals surface area contributed by atoms with Crippen LogP contribution in [0.3, 0.4) is 0 Å². The lowest BCUT2D eigenvalue weighted by Gasteiger charge is -2.23. The highest BCUT2D eigenvalue weighted by molar-refractivity contribution is 7.07. The molecule has 47 heavy (non-hydrogen) atoms. The molecule has 0 saturated heterocycles. The van der Waals surface area contributed by atoms with Crippen molar-refractivity contribution in [2.75, 3.05) is 38.3 Å². The molecule has 0 fully saturated rings. The number of carbonyl (C=O) groups excluding carboxylic acids is 1. The highest BCUT2D eigenvalue weighted by Crippen LogP contribution is 2.35. The summed E-state index contributed by atoms with van der Waals surface area (Å²) >= 11 is 7.33. The van der Waals surface area contributed by atoms with E-state index in [9.17, 15) is 9.59 Å². The number of fused-ring (bicyclic) bond motifs is 1. The Kier molecular flexibility index (Phi) is 11.1. The summed E-state index contributed by atoms with van der Waals surface area (Å²) in [5.41, 5.74) is 3.31. The number of halogens is 1. The van der Waals surface area contributed by atoms with Gasteiger partial charge in [0.1, 0.15) is 12.4 Å². The number of esters is 1. The molecule has 1 atom stereocenters. The molecule has 0 radical (unpaired) electrons. The third kappa shape index (κ3) is 7.39. The summed E-state index contributed by atoms with van der Waals surface area (Å²) in [6.07, 6.45) is 3.29. The molecule has 1 aromatic heterocycles. The number of nitrogens with zero attached hydrogens (tertiary/aromatic N) is 3. The number of aromatic nitrogens is 1. The van der Waals surface area contributed by atoms with Gasteiger partial charge in [-0.15, -0.1) is 0 Å². The first-order chi connectivity index (χ1) is 22.8. The molecule has 3 aromatic carbocycles. The van der Waals surface area contributed by atoms with Gasteiger partial charge in [-0.1, -0.05) is 41.1 Å². The lowest BCUT2D eigenvalue weighted by atomic mass is 9.97. The van der Waals surface area contributed by atoms with E-state index in [2.05, 4.69) is 23.7 Å². The van der Waals surface area contributed by atoms with Gasteiger partial charge in [0.15, 0.2) is 16.3 Å². The van der Waals surface area contributed by atoms with E-state index in [1.54, 1.807) is 12.1 Å². The summed E-state index contributed by atoms with van der Waals surface area (Å²) in [7, 11) is 1.31. The molecule has 0 amide bonds. The Morgan fingerprint density at radius 2 is 1.66 bits per heavy atom. The molecular formula is C36H38ClN3O6S. The number of benzene rings is 3. The summed E-state index contributed by atoms with van der Waals surface area (Å²) in [5.74, 6) is 1.15. The van der Waals surface area contributed by atoms with E-state index in [4.69, 9.17) is 30.5 Å². The zero-order chi connectivity index (χ0) is 33.5. The SMILES string of the molecule is CCOc1ccc([C@H]2C(C(=O)OC)=CN=c3s/c(=C/c4ccc(N(CC)CC)cc4OCc4ccc(Cl)cc4)c(=O)n32)cc1OCC. The topological polar surface area (TPSA) is 91.6 Å². The number of carbonyl (C=O) groups is 1. The van der Waals surface area contributed by atoms with E-state index >= 15 is 0 Å². The number of thiazole rings is 1. The van der Waals surface area contributed by atoms with Crippen LogP contribution >= 0.6 is 22.9 Å². The maximum atomic E-state index is 14.2. The molecule has 0 saturated carbocycles. The van der Waals surface area contributed by atoms with Crippen LogP contribution in [0.5, 0.6) is 17.2 Å². The van der Waals surface area contributed by atoms with Crippen LogP contribution < -0.4 is 34.0 Å². The molecule has 5 rings (SSSR count). The third-order valence-corrected chi connectivity index (χ3v) is 8.98. The standard InChI is InChI=1S/C36H38ClN3O6S/c1-6-39(7-2)27-16-12-24(30(20-27)46-22-23-10-14-26(37)15-11-23)19-32-34(41)40-33(28(35(42)43-5)21-38-36(40)47-32)25-13-17-29(44-8-3)31(18-25)45-9-4/h10-21,33H,6-9,22H2,1-5H3/b32-19+/t33-/m0/s1. The van der Waals surface area contributed by atoms with Crippen molar-refractivity contribution in [3.05, 3.63) is 114 Å². The normalized spacial score (nSPS) is 14.1. The number of methoxy groups -OCH3 is 1. The fraction of sp³-hybridized carbons (Fsp3) is 0.306. The van der Waals surface area contributed by atoms with Crippen LogP contribution in [0.2, 0.25) is 5.02 Å². The van der Waals surface area contributed by atoms with Crippen molar-refractivity contribution in [1.82, 2.24) is 4.57 Å². The Morgan fingerprint density at radius 3 is 2.34 bits per heavy atom. The number of rotatable bonds is 13. The van der Waals surface area contributed by atoms with Crippen LogP contribution in [0.1, 0.15) is 50.4 Å². The van der Waals surface area contributed by atoms with Gasteiger partial charge in [0.25, 0.3) is 5.56 Å². The molecule has 2 heterocycles. The molecule has 1 aliphatic rings. The van der Waals surface area contributed by atoms with Crippen molar-refractivity contribution in [2.24, 2.45) is 4.99 Å². The molecule has 11 heteroatoms. The minimum atomic E-state index is -0.790. The van der Waals surface area contributed by atoms with Crippen molar-refractivity contribution < 1.29 is 23.7 Å². The summed E-state index contributed by atoms with van der Waals surface area (Å²) in [6, 6.07) is 18.1. The minimum Gasteiger partial charge on any atom is -0.490 e. The van der Waals surface area contributed by atoms with Crippen LogP contribution in [-0.4, -0.2) is 43.9 Å². The molecule has 0 bridgehead atoms. The molecule has 9 nitrogen and oxygen atoms in total. The molecule has 0 aliphatic carbocycles. The summed E-state index contributed by atoms with van der Waals surface area (Å²) in [4.78, 5) is 34.4. The fourth-order valence-electron chi connectivity index (χ4n) is 5.42. The van der Waals surface area contributed by atoms with Crippen LogP contribution in [0, 0.1) is 0 Å². The lowest BCUT2D eigenvalue weighted by molar-refractivity contribution is -0.136. The molecule has 0 spiro atoms. The highest BCUT2D eigenvalue weighted by atomic mass is 35.5. The Bertz CT molecular complexity index is 1950. The van der Waals surface area contributed by atoms with E-state index < -0.39 is 12.0 Å². The Hall–Kier alpha value is -4.54. The third-order valence-electron chi connectivity index (χ3n) is 7.73. The van der Waals surface area contributed by atoms with Crippen LogP contribution in [-0.2, 0) is 16.1 Å². The summed E-state index contributed by atoms with van der Waals surface area (Å²) in [5, 5.41) is 0.654. The van der Waals surface area contributed by atoms with Gasteiger partial charge >= 0.3 is 5.97 Å². The maximum absolute atomic E-state index is 14.2. The van der Waals surface area contributed by atoms with Crippen LogP contribution in [0.15, 0.2) is 82.2 Å². The van der Waals surface area contributed by atoms with Crippen molar-refractivity contribution >= 4 is 40.7 Å². The maximum Gasteiger partial charge on any atom is 0.337 e. The Balaban J connectivity index is 1.62. The van der Waals surface area contributed by atoms with Gasteiger partial charge < -0.3 is 23.8 Å². The predicted octanol–water partition coefficient (Wildman–Crippen LogP) is 5.89. The van der Waals surface area contributed by atoms with E-state index in [1.807, 2.05) is 68.5 Å². The first-order valence-corrected chi connectivity index (χ1v) is 16.8. The second kappa shape index (κ2) is 15.4. The van der Waals surface area contributed by atoms with Gasteiger partial charge in [-0.05, 0) is 81.3 Å². The first-order valence-electron chi connectivity index (χ1n) is 15.6. The van der Waals surface area contributed by atoms with Crippen LogP contribution in [0.25, 0.3) is 6.08 Å². The van der Waals surface area contributed by atoms with Crippen molar-refractivity contribution in [1.29, 1.82) is 0 Å². The van der Waals surface area contributed by atoms with Gasteiger partial charge in [-0.3, -0.25) is 9.36 Å². The second-order valence-corrected chi connectivity index (χ2v) is 12.0. The van der Waals surface area contributed by atoms with E-state index in [1.165, 1.54) is 29.2 Å². The van der Waals surface area contributed by atoms with Gasteiger partial charge in [-0.25, -0.2) is 9.79 Å². The van der Waals surface area contributed by atoms with Gasteiger partial charge in [0.2, 0.25) is 0 Å². The smallest absolute Gasteiger partial charge is 0.337 e. The average Bonchev–Trinajstić information content (AvgIpc) is 3.40. The monoisotopic (exact) mass is 675 g/mol. The molecule has 246 valence electrons. The van der Waals surface area contributed by atoms with Crippen LogP contribution in [0.4, 0.5) is 5.69 Å². The zero-order valence-electron chi connectivity index (χ0n) is 27.1.